The Labute approximate surface area is 114 Å². The number of hydrogen-bond acceptors (Lipinski definition) is 2. The highest BCUT2D eigenvalue weighted by molar-refractivity contribution is 7.10. The molecule has 1 aromatic heterocycles. The fourth-order valence-corrected chi connectivity index (χ4v) is 3.16. The number of hydrogen-bond donors (Lipinski definition) is 1. The summed E-state index contributed by atoms with van der Waals surface area (Å²) in [5, 5.41) is 5.83. The Bertz CT molecular complexity index is 474. The van der Waals surface area contributed by atoms with Crippen LogP contribution < -0.4 is 5.32 Å². The van der Waals surface area contributed by atoms with Crippen molar-refractivity contribution in [2.45, 2.75) is 33.4 Å². The van der Waals surface area contributed by atoms with Crippen LogP contribution >= 0.6 is 11.3 Å². The molecule has 1 N–H and O–H groups in total. The van der Waals surface area contributed by atoms with Crippen LogP contribution in [0, 0.1) is 12.8 Å². The second-order valence-electron chi connectivity index (χ2n) is 5.11. The molecule has 0 fully saturated rings. The van der Waals surface area contributed by atoms with E-state index in [0.717, 1.165) is 6.54 Å². The molecule has 1 aromatic carbocycles. The minimum atomic E-state index is 0.450. The van der Waals surface area contributed by atoms with Crippen LogP contribution in [-0.4, -0.2) is 0 Å². The molecule has 0 radical (unpaired) electrons. The summed E-state index contributed by atoms with van der Waals surface area (Å²) in [4.78, 5) is 1.43. The number of benzene rings is 1. The van der Waals surface area contributed by atoms with Gasteiger partial charge in [-0.3, -0.25) is 0 Å². The lowest BCUT2D eigenvalue weighted by atomic mass is 10.0. The highest BCUT2D eigenvalue weighted by Gasteiger charge is 2.15. The Morgan fingerprint density at radius 2 is 2.00 bits per heavy atom. The molecule has 0 aliphatic rings. The van der Waals surface area contributed by atoms with Gasteiger partial charge in [0.05, 0.1) is 0 Å². The van der Waals surface area contributed by atoms with Gasteiger partial charge in [0.15, 0.2) is 0 Å². The van der Waals surface area contributed by atoms with Crippen LogP contribution in [0.1, 0.15) is 35.9 Å². The summed E-state index contributed by atoms with van der Waals surface area (Å²) in [6, 6.07) is 13.5. The van der Waals surface area contributed by atoms with Gasteiger partial charge in [-0.25, -0.2) is 0 Å². The zero-order valence-electron chi connectivity index (χ0n) is 11.3. The Kier molecular flexibility index (Phi) is 4.56. The highest BCUT2D eigenvalue weighted by atomic mass is 32.1. The highest BCUT2D eigenvalue weighted by Crippen LogP contribution is 2.26. The summed E-state index contributed by atoms with van der Waals surface area (Å²) in [5.41, 5.74) is 2.68. The first kappa shape index (κ1) is 13.3. The average Bonchev–Trinajstić information content (AvgIpc) is 2.82. The molecular formula is C16H21NS. The van der Waals surface area contributed by atoms with Crippen LogP contribution in [0.2, 0.25) is 0 Å². The molecule has 0 aliphatic heterocycles. The second kappa shape index (κ2) is 6.17. The van der Waals surface area contributed by atoms with Gasteiger partial charge in [0.1, 0.15) is 0 Å². The van der Waals surface area contributed by atoms with E-state index in [-0.39, 0.29) is 0 Å². The van der Waals surface area contributed by atoms with Gasteiger partial charge < -0.3 is 5.32 Å². The molecule has 2 heteroatoms. The van der Waals surface area contributed by atoms with Crippen molar-refractivity contribution in [1.29, 1.82) is 0 Å². The predicted octanol–water partition coefficient (Wildman–Crippen LogP) is 4.54. The smallest absolute Gasteiger partial charge is 0.0440 e. The molecule has 18 heavy (non-hydrogen) atoms. The first-order chi connectivity index (χ1) is 8.66. The summed E-state index contributed by atoms with van der Waals surface area (Å²) >= 11 is 1.84. The van der Waals surface area contributed by atoms with Crippen molar-refractivity contribution >= 4 is 11.3 Å². The van der Waals surface area contributed by atoms with Crippen molar-refractivity contribution in [3.63, 3.8) is 0 Å². The van der Waals surface area contributed by atoms with E-state index in [2.05, 4.69) is 67.9 Å². The van der Waals surface area contributed by atoms with E-state index in [1.54, 1.807) is 0 Å². The van der Waals surface area contributed by atoms with E-state index in [4.69, 9.17) is 0 Å². The molecule has 0 saturated heterocycles. The minimum absolute atomic E-state index is 0.450. The lowest BCUT2D eigenvalue weighted by Gasteiger charge is -2.21. The minimum Gasteiger partial charge on any atom is -0.305 e. The summed E-state index contributed by atoms with van der Waals surface area (Å²) in [6.07, 6.45) is 0. The Morgan fingerprint density at radius 1 is 1.17 bits per heavy atom. The molecule has 0 spiro atoms. The molecule has 0 amide bonds. The summed E-state index contributed by atoms with van der Waals surface area (Å²) in [6.45, 7) is 7.62. The van der Waals surface area contributed by atoms with Gasteiger partial charge in [-0.05, 0) is 29.9 Å². The molecule has 0 aliphatic carbocycles. The van der Waals surface area contributed by atoms with Crippen molar-refractivity contribution < 1.29 is 0 Å². The van der Waals surface area contributed by atoms with Gasteiger partial charge in [0, 0.05) is 17.5 Å². The van der Waals surface area contributed by atoms with Gasteiger partial charge in [-0.2, -0.15) is 0 Å². The monoisotopic (exact) mass is 259 g/mol. The number of nitrogens with one attached hydrogen (secondary N) is 1. The summed E-state index contributed by atoms with van der Waals surface area (Å²) < 4.78 is 0. The first-order valence-electron chi connectivity index (χ1n) is 6.49. The first-order valence-corrected chi connectivity index (χ1v) is 7.37. The van der Waals surface area contributed by atoms with Gasteiger partial charge in [0.25, 0.3) is 0 Å². The van der Waals surface area contributed by atoms with E-state index >= 15 is 0 Å². The zero-order valence-corrected chi connectivity index (χ0v) is 12.1. The van der Waals surface area contributed by atoms with Gasteiger partial charge in [-0.1, -0.05) is 49.7 Å². The Hall–Kier alpha value is -1.12. The molecule has 1 unspecified atom stereocenters. The zero-order chi connectivity index (χ0) is 13.0. The fourth-order valence-electron chi connectivity index (χ4n) is 2.18. The SMILES string of the molecule is Cc1cccc(CNC(c2cccs2)C(C)C)c1. The van der Waals surface area contributed by atoms with Crippen molar-refractivity contribution in [3.8, 4) is 0 Å². The van der Waals surface area contributed by atoms with Crippen LogP contribution in [0.25, 0.3) is 0 Å². The molecular weight excluding hydrogens is 238 g/mol. The molecule has 2 rings (SSSR count). The third-order valence-electron chi connectivity index (χ3n) is 3.12. The molecule has 96 valence electrons. The Balaban J connectivity index is 2.03. The molecule has 0 bridgehead atoms. The van der Waals surface area contributed by atoms with Crippen LogP contribution in [0.3, 0.4) is 0 Å². The predicted molar refractivity (Wildman–Crippen MR) is 79.9 cm³/mol. The van der Waals surface area contributed by atoms with E-state index in [1.165, 1.54) is 16.0 Å². The van der Waals surface area contributed by atoms with Crippen molar-refractivity contribution in [2.75, 3.05) is 0 Å². The van der Waals surface area contributed by atoms with Crippen LogP contribution in [0.4, 0.5) is 0 Å². The van der Waals surface area contributed by atoms with E-state index in [0.29, 0.717) is 12.0 Å². The van der Waals surface area contributed by atoms with Gasteiger partial charge >= 0.3 is 0 Å². The van der Waals surface area contributed by atoms with Crippen molar-refractivity contribution in [1.82, 2.24) is 5.32 Å². The normalized spacial score (nSPS) is 12.9. The van der Waals surface area contributed by atoms with Crippen LogP contribution in [-0.2, 0) is 6.54 Å². The van der Waals surface area contributed by atoms with Gasteiger partial charge in [0.2, 0.25) is 0 Å². The molecule has 2 aromatic rings. The fraction of sp³-hybridized carbons (Fsp3) is 0.375. The lowest BCUT2D eigenvalue weighted by Crippen LogP contribution is -2.24. The third-order valence-corrected chi connectivity index (χ3v) is 4.08. The molecule has 1 nitrogen and oxygen atoms in total. The maximum atomic E-state index is 3.68. The van der Waals surface area contributed by atoms with Crippen molar-refractivity contribution in [3.05, 3.63) is 57.8 Å². The van der Waals surface area contributed by atoms with E-state index in [1.807, 2.05) is 11.3 Å². The number of rotatable bonds is 5. The third kappa shape index (κ3) is 3.44. The Morgan fingerprint density at radius 3 is 2.61 bits per heavy atom. The average molecular weight is 259 g/mol. The quantitative estimate of drug-likeness (QED) is 0.831. The number of aryl methyl sites for hydroxylation is 1. The number of thiophene rings is 1. The van der Waals surface area contributed by atoms with E-state index < -0.39 is 0 Å². The molecule has 0 saturated carbocycles. The van der Waals surface area contributed by atoms with Crippen molar-refractivity contribution in [2.24, 2.45) is 5.92 Å². The summed E-state index contributed by atoms with van der Waals surface area (Å²) in [5.74, 6) is 0.605. The topological polar surface area (TPSA) is 12.0 Å². The second-order valence-corrected chi connectivity index (χ2v) is 6.09. The molecule has 1 atom stereocenters. The van der Waals surface area contributed by atoms with E-state index in [9.17, 15) is 0 Å². The van der Waals surface area contributed by atoms with Gasteiger partial charge in [-0.15, -0.1) is 11.3 Å². The lowest BCUT2D eigenvalue weighted by molar-refractivity contribution is 0.416. The largest absolute Gasteiger partial charge is 0.305 e. The molecule has 1 heterocycles. The summed E-state index contributed by atoms with van der Waals surface area (Å²) in [7, 11) is 0. The standard InChI is InChI=1S/C16H21NS/c1-12(2)16(15-8-5-9-18-15)17-11-14-7-4-6-13(3)10-14/h4-10,12,16-17H,11H2,1-3H3. The van der Waals surface area contributed by atoms with Crippen LogP contribution in [0.15, 0.2) is 41.8 Å². The maximum Gasteiger partial charge on any atom is 0.0440 e. The maximum absolute atomic E-state index is 3.68. The van der Waals surface area contributed by atoms with Crippen LogP contribution in [0.5, 0.6) is 0 Å².